The Hall–Kier alpha value is 0.1000. The molecule has 1 fully saturated rings. The van der Waals surface area contributed by atoms with Gasteiger partial charge >= 0.3 is 0 Å². The fourth-order valence-corrected chi connectivity index (χ4v) is 1.80. The van der Waals surface area contributed by atoms with E-state index in [1.54, 1.807) is 0 Å². The molecule has 0 aliphatic carbocycles. The van der Waals surface area contributed by atoms with Gasteiger partial charge < -0.3 is 0 Å². The van der Waals surface area contributed by atoms with Crippen LogP contribution < -0.4 is 0 Å². The fraction of sp³-hybridized carbons (Fsp3) is 0.600. The molecule has 1 heterocycles. The van der Waals surface area contributed by atoms with Gasteiger partial charge in [0.05, 0.1) is 0 Å². The van der Waals surface area contributed by atoms with Crippen LogP contribution in [0.2, 0.25) is 0 Å². The molecule has 5 heteroatoms. The van der Waals surface area contributed by atoms with Gasteiger partial charge in [-0.2, -0.15) is 0 Å². The van der Waals surface area contributed by atoms with Gasteiger partial charge in [0, 0.05) is 7.05 Å². The third-order valence-corrected chi connectivity index (χ3v) is 3.94. The smallest absolute Gasteiger partial charge is 0.244 e. The van der Waals surface area contributed by atoms with Crippen molar-refractivity contribution in [2.24, 2.45) is 0 Å². The topological polar surface area (TPSA) is 37.4 Å². The number of carbonyl (C=O) groups excluding carboxylic acids is 2. The molecule has 0 spiro atoms. The Morgan fingerprint density at radius 3 is 1.60 bits per heavy atom. The zero-order valence-corrected chi connectivity index (χ0v) is 8.35. The van der Waals surface area contributed by atoms with Crippen molar-refractivity contribution < 1.29 is 9.59 Å². The maximum Gasteiger partial charge on any atom is 0.244 e. The first-order valence-electron chi connectivity index (χ1n) is 2.65. The molecule has 2 unspecified atom stereocenters. The number of amides is 2. The molecule has 1 aliphatic heterocycles. The Bertz CT molecular complexity index is 174. The summed E-state index contributed by atoms with van der Waals surface area (Å²) in [4.78, 5) is 22.2. The van der Waals surface area contributed by atoms with Crippen LogP contribution in [0.15, 0.2) is 0 Å². The molecule has 1 aliphatic rings. The molecule has 0 bridgehead atoms. The second-order valence-electron chi connectivity index (χ2n) is 2.04. The van der Waals surface area contributed by atoms with Crippen LogP contribution in [0.4, 0.5) is 0 Å². The van der Waals surface area contributed by atoms with E-state index in [4.69, 9.17) is 0 Å². The quantitative estimate of drug-likeness (QED) is 0.475. The number of halogens is 2. The summed E-state index contributed by atoms with van der Waals surface area (Å²) in [5.41, 5.74) is 0. The Morgan fingerprint density at radius 2 is 1.50 bits per heavy atom. The van der Waals surface area contributed by atoms with E-state index in [0.717, 1.165) is 4.90 Å². The van der Waals surface area contributed by atoms with Gasteiger partial charge in [-0.1, -0.05) is 31.9 Å². The summed E-state index contributed by atoms with van der Waals surface area (Å²) in [6.45, 7) is 0. The van der Waals surface area contributed by atoms with Crippen LogP contribution in [-0.4, -0.2) is 33.4 Å². The van der Waals surface area contributed by atoms with E-state index in [2.05, 4.69) is 31.9 Å². The van der Waals surface area contributed by atoms with Crippen molar-refractivity contribution in [1.29, 1.82) is 0 Å². The zero-order chi connectivity index (χ0) is 7.89. The average Bonchev–Trinajstić information content (AvgIpc) is 2.07. The van der Waals surface area contributed by atoms with E-state index in [1.165, 1.54) is 7.05 Å². The highest BCUT2D eigenvalue weighted by atomic mass is 79.9. The molecule has 0 aromatic carbocycles. The second kappa shape index (κ2) is 2.62. The van der Waals surface area contributed by atoms with E-state index in [9.17, 15) is 9.59 Å². The van der Waals surface area contributed by atoms with Gasteiger partial charge in [0.15, 0.2) is 0 Å². The number of hydrogen-bond acceptors (Lipinski definition) is 2. The number of rotatable bonds is 0. The molecule has 1 rings (SSSR count). The normalized spacial score (nSPS) is 33.7. The van der Waals surface area contributed by atoms with Crippen LogP contribution in [0.5, 0.6) is 0 Å². The number of nitrogens with zero attached hydrogens (tertiary/aromatic N) is 1. The Kier molecular flexibility index (Phi) is 2.15. The van der Waals surface area contributed by atoms with E-state index < -0.39 is 9.65 Å². The first-order valence-corrected chi connectivity index (χ1v) is 4.48. The van der Waals surface area contributed by atoms with E-state index in [1.807, 2.05) is 0 Å². The number of hydrogen-bond donors (Lipinski definition) is 0. The third kappa shape index (κ3) is 1.01. The van der Waals surface area contributed by atoms with Crippen molar-refractivity contribution in [3.8, 4) is 0 Å². The fourth-order valence-electron chi connectivity index (χ4n) is 0.729. The van der Waals surface area contributed by atoms with Gasteiger partial charge in [-0.25, -0.2) is 0 Å². The van der Waals surface area contributed by atoms with Gasteiger partial charge in [-0.05, 0) is 0 Å². The Balaban J connectivity index is 2.89. The molecule has 0 saturated carbocycles. The SMILES string of the molecule is CN1C(=O)C(Br)C(Br)C1=O. The van der Waals surface area contributed by atoms with Gasteiger partial charge in [-0.3, -0.25) is 14.5 Å². The van der Waals surface area contributed by atoms with Crippen molar-refractivity contribution in [2.75, 3.05) is 7.05 Å². The number of likely N-dealkylation sites (tertiary alicyclic amines) is 1. The maximum absolute atomic E-state index is 11.0. The Labute approximate surface area is 75.0 Å². The zero-order valence-electron chi connectivity index (χ0n) is 5.17. The number of alkyl halides is 2. The van der Waals surface area contributed by atoms with Crippen LogP contribution >= 0.6 is 31.9 Å². The molecule has 0 N–H and O–H groups in total. The highest BCUT2D eigenvalue weighted by Gasteiger charge is 2.42. The summed E-state index contributed by atoms with van der Waals surface area (Å²) in [6.07, 6.45) is 0. The summed E-state index contributed by atoms with van der Waals surface area (Å²) in [7, 11) is 1.47. The van der Waals surface area contributed by atoms with Crippen molar-refractivity contribution in [3.63, 3.8) is 0 Å². The molecule has 0 radical (unpaired) electrons. The lowest BCUT2D eigenvalue weighted by molar-refractivity contribution is -0.136. The number of imide groups is 1. The highest BCUT2D eigenvalue weighted by molar-refractivity contribution is 9.12. The summed E-state index contributed by atoms with van der Waals surface area (Å²) in [5, 5.41) is 0. The van der Waals surface area contributed by atoms with E-state index >= 15 is 0 Å². The van der Waals surface area contributed by atoms with Gasteiger partial charge in [-0.15, -0.1) is 0 Å². The Morgan fingerprint density at radius 1 is 1.20 bits per heavy atom. The average molecular weight is 271 g/mol. The van der Waals surface area contributed by atoms with Crippen LogP contribution in [0.1, 0.15) is 0 Å². The van der Waals surface area contributed by atoms with Gasteiger partial charge in [0.1, 0.15) is 9.65 Å². The van der Waals surface area contributed by atoms with Crippen LogP contribution in [0, 0.1) is 0 Å². The minimum Gasteiger partial charge on any atom is -0.284 e. The molecule has 56 valence electrons. The van der Waals surface area contributed by atoms with Crippen LogP contribution in [0.25, 0.3) is 0 Å². The maximum atomic E-state index is 11.0. The van der Waals surface area contributed by atoms with Gasteiger partial charge in [0.2, 0.25) is 11.8 Å². The lowest BCUT2D eigenvalue weighted by atomic mass is 10.4. The first kappa shape index (κ1) is 8.20. The molecular weight excluding hydrogens is 266 g/mol. The second-order valence-corrected chi connectivity index (χ2v) is 4.01. The standard InChI is InChI=1S/C5H5Br2NO2/c1-8-4(9)2(6)3(7)5(8)10/h2-3H,1H3. The molecule has 1 saturated heterocycles. The molecule has 10 heavy (non-hydrogen) atoms. The minimum absolute atomic E-state index is 0.188. The summed E-state index contributed by atoms with van der Waals surface area (Å²) in [5.74, 6) is -0.376. The van der Waals surface area contributed by atoms with Crippen molar-refractivity contribution in [1.82, 2.24) is 4.90 Å². The minimum atomic E-state index is -0.398. The highest BCUT2D eigenvalue weighted by Crippen LogP contribution is 2.24. The predicted molar refractivity (Wildman–Crippen MR) is 43.2 cm³/mol. The predicted octanol–water partition coefficient (Wildman–Crippen LogP) is 0.512. The molecule has 0 aromatic heterocycles. The molecule has 0 aromatic rings. The van der Waals surface area contributed by atoms with E-state index in [-0.39, 0.29) is 11.8 Å². The molecule has 2 atom stereocenters. The van der Waals surface area contributed by atoms with Crippen LogP contribution in [-0.2, 0) is 9.59 Å². The van der Waals surface area contributed by atoms with Crippen molar-refractivity contribution in [3.05, 3.63) is 0 Å². The molecule has 2 amide bonds. The lowest BCUT2D eigenvalue weighted by Crippen LogP contribution is -2.26. The first-order chi connectivity index (χ1) is 4.55. The number of carbonyl (C=O) groups is 2. The van der Waals surface area contributed by atoms with Crippen molar-refractivity contribution in [2.45, 2.75) is 9.65 Å². The summed E-state index contributed by atoms with van der Waals surface area (Å²) in [6, 6.07) is 0. The van der Waals surface area contributed by atoms with E-state index in [0.29, 0.717) is 0 Å². The lowest BCUT2D eigenvalue weighted by Gasteiger charge is -2.02. The summed E-state index contributed by atoms with van der Waals surface area (Å²) < 4.78 is 0. The van der Waals surface area contributed by atoms with Crippen molar-refractivity contribution >= 4 is 43.7 Å². The monoisotopic (exact) mass is 269 g/mol. The summed E-state index contributed by atoms with van der Waals surface area (Å²) >= 11 is 6.18. The largest absolute Gasteiger partial charge is 0.284 e. The molecular formula is C5H5Br2NO2. The van der Waals surface area contributed by atoms with Crippen LogP contribution in [0.3, 0.4) is 0 Å². The molecule has 3 nitrogen and oxygen atoms in total. The van der Waals surface area contributed by atoms with Gasteiger partial charge in [0.25, 0.3) is 0 Å². The third-order valence-electron chi connectivity index (χ3n) is 1.39.